The number of ether oxygens (including phenoxy) is 2. The highest BCUT2D eigenvalue weighted by atomic mass is 19.1. The van der Waals surface area contributed by atoms with E-state index in [0.29, 0.717) is 13.2 Å². The third-order valence-corrected chi connectivity index (χ3v) is 6.31. The molecule has 0 radical (unpaired) electrons. The Morgan fingerprint density at radius 2 is 1.61 bits per heavy atom. The van der Waals surface area contributed by atoms with Gasteiger partial charge in [-0.3, -0.25) is 0 Å². The average Bonchev–Trinajstić information content (AvgIpc) is 2.87. The van der Waals surface area contributed by atoms with Gasteiger partial charge in [-0.2, -0.15) is 0 Å². The molecule has 1 N–H and O–H groups in total. The predicted octanol–water partition coefficient (Wildman–Crippen LogP) is 6.22. The van der Waals surface area contributed by atoms with Crippen molar-refractivity contribution in [3.05, 3.63) is 114 Å². The van der Waals surface area contributed by atoms with E-state index in [-0.39, 0.29) is 17.8 Å². The maximum atomic E-state index is 13.4. The van der Waals surface area contributed by atoms with E-state index < -0.39 is 0 Å². The first-order chi connectivity index (χ1) is 16.3. The van der Waals surface area contributed by atoms with Crippen molar-refractivity contribution in [2.45, 2.75) is 31.7 Å². The molecule has 4 heteroatoms. The van der Waals surface area contributed by atoms with Gasteiger partial charge in [-0.1, -0.05) is 66.7 Å². The standard InChI is InChI=1S/C29H28FNO2/c30-25-12-10-23(11-13-25)27-14-15-31-18-29(27)33-20-22-16-24-8-4-5-9-26(24)28(17-22)32-19-21-6-2-1-3-7-21/h1-13,16-17,27,29,31H,14-15,18-20H2/t27-,29-/m0/s1. The molecule has 0 spiro atoms. The molecule has 168 valence electrons. The van der Waals surface area contributed by atoms with Gasteiger partial charge in [0.05, 0.1) is 12.7 Å². The van der Waals surface area contributed by atoms with Crippen LogP contribution in [-0.2, 0) is 18.0 Å². The number of rotatable bonds is 7. The molecule has 0 aromatic heterocycles. The average molecular weight is 442 g/mol. The van der Waals surface area contributed by atoms with Crippen LogP contribution in [0, 0.1) is 5.82 Å². The van der Waals surface area contributed by atoms with Gasteiger partial charge in [0.1, 0.15) is 18.2 Å². The lowest BCUT2D eigenvalue weighted by atomic mass is 9.88. The smallest absolute Gasteiger partial charge is 0.127 e. The Bertz CT molecular complexity index is 1190. The number of benzene rings is 4. The van der Waals surface area contributed by atoms with Crippen LogP contribution in [0.1, 0.15) is 29.0 Å². The van der Waals surface area contributed by atoms with E-state index in [2.05, 4.69) is 41.7 Å². The number of piperidine rings is 1. The highest BCUT2D eigenvalue weighted by Crippen LogP contribution is 2.31. The quantitative estimate of drug-likeness (QED) is 0.369. The van der Waals surface area contributed by atoms with Crippen LogP contribution >= 0.6 is 0 Å². The number of halogens is 1. The molecule has 1 aliphatic heterocycles. The third kappa shape index (κ3) is 5.24. The lowest BCUT2D eigenvalue weighted by Crippen LogP contribution is -2.40. The van der Waals surface area contributed by atoms with Gasteiger partial charge in [0.2, 0.25) is 0 Å². The van der Waals surface area contributed by atoms with Gasteiger partial charge in [-0.15, -0.1) is 0 Å². The van der Waals surface area contributed by atoms with E-state index in [0.717, 1.165) is 52.7 Å². The lowest BCUT2D eigenvalue weighted by Gasteiger charge is -2.32. The molecule has 0 amide bonds. The Hall–Kier alpha value is -3.21. The minimum Gasteiger partial charge on any atom is -0.488 e. The summed E-state index contributed by atoms with van der Waals surface area (Å²) >= 11 is 0. The molecule has 4 aromatic carbocycles. The zero-order chi connectivity index (χ0) is 22.5. The first-order valence-corrected chi connectivity index (χ1v) is 11.5. The maximum absolute atomic E-state index is 13.4. The zero-order valence-electron chi connectivity index (χ0n) is 18.5. The van der Waals surface area contributed by atoms with Crippen molar-refractivity contribution >= 4 is 10.8 Å². The van der Waals surface area contributed by atoms with Gasteiger partial charge in [-0.25, -0.2) is 4.39 Å². The molecule has 5 rings (SSSR count). The van der Waals surface area contributed by atoms with Gasteiger partial charge < -0.3 is 14.8 Å². The Labute approximate surface area is 194 Å². The molecule has 3 nitrogen and oxygen atoms in total. The van der Waals surface area contributed by atoms with E-state index in [1.165, 1.54) is 12.1 Å². The highest BCUT2D eigenvalue weighted by molar-refractivity contribution is 5.89. The second-order valence-corrected chi connectivity index (χ2v) is 8.59. The molecular weight excluding hydrogens is 413 g/mol. The zero-order valence-corrected chi connectivity index (χ0v) is 18.5. The molecule has 0 bridgehead atoms. The Morgan fingerprint density at radius 3 is 2.45 bits per heavy atom. The molecule has 0 unspecified atom stereocenters. The van der Waals surface area contributed by atoms with E-state index in [4.69, 9.17) is 9.47 Å². The van der Waals surface area contributed by atoms with Crippen LogP contribution in [-0.4, -0.2) is 19.2 Å². The number of hydrogen-bond donors (Lipinski definition) is 1. The summed E-state index contributed by atoms with van der Waals surface area (Å²) in [5, 5.41) is 5.67. The molecule has 0 saturated carbocycles. The summed E-state index contributed by atoms with van der Waals surface area (Å²) in [5.74, 6) is 0.915. The fourth-order valence-corrected chi connectivity index (χ4v) is 4.57. The number of nitrogens with one attached hydrogen (secondary N) is 1. The molecule has 2 atom stereocenters. The summed E-state index contributed by atoms with van der Waals surface area (Å²) in [7, 11) is 0. The Balaban J connectivity index is 1.34. The molecule has 1 aliphatic rings. The number of hydrogen-bond acceptors (Lipinski definition) is 3. The fraction of sp³-hybridized carbons (Fsp3) is 0.241. The summed E-state index contributed by atoms with van der Waals surface area (Å²) in [5.41, 5.74) is 3.35. The predicted molar refractivity (Wildman–Crippen MR) is 130 cm³/mol. The summed E-state index contributed by atoms with van der Waals surface area (Å²) in [6.07, 6.45) is 1.00. The van der Waals surface area contributed by atoms with Gasteiger partial charge in [0.15, 0.2) is 0 Å². The second kappa shape index (κ2) is 10.2. The van der Waals surface area contributed by atoms with Gasteiger partial charge in [0, 0.05) is 17.8 Å². The fourth-order valence-electron chi connectivity index (χ4n) is 4.57. The van der Waals surface area contributed by atoms with Crippen molar-refractivity contribution in [3.63, 3.8) is 0 Å². The monoisotopic (exact) mass is 441 g/mol. The van der Waals surface area contributed by atoms with Crippen LogP contribution in [0.2, 0.25) is 0 Å². The van der Waals surface area contributed by atoms with Gasteiger partial charge in [0.25, 0.3) is 0 Å². The first kappa shape index (κ1) is 21.6. The molecule has 4 aromatic rings. The van der Waals surface area contributed by atoms with Crippen molar-refractivity contribution < 1.29 is 13.9 Å². The molecule has 0 aliphatic carbocycles. The minimum atomic E-state index is -0.204. The van der Waals surface area contributed by atoms with E-state index in [9.17, 15) is 4.39 Å². The van der Waals surface area contributed by atoms with Crippen molar-refractivity contribution in [3.8, 4) is 5.75 Å². The van der Waals surface area contributed by atoms with Crippen molar-refractivity contribution in [1.82, 2.24) is 5.32 Å². The molecule has 33 heavy (non-hydrogen) atoms. The van der Waals surface area contributed by atoms with Crippen molar-refractivity contribution in [2.24, 2.45) is 0 Å². The summed E-state index contributed by atoms with van der Waals surface area (Å²) < 4.78 is 26.1. The summed E-state index contributed by atoms with van der Waals surface area (Å²) in [6, 6.07) is 29.6. The summed E-state index contributed by atoms with van der Waals surface area (Å²) in [4.78, 5) is 0. The lowest BCUT2D eigenvalue weighted by molar-refractivity contribution is 0.0106. The third-order valence-electron chi connectivity index (χ3n) is 6.31. The molecule has 1 fully saturated rings. The van der Waals surface area contributed by atoms with Crippen LogP contribution in [0.25, 0.3) is 10.8 Å². The summed E-state index contributed by atoms with van der Waals surface area (Å²) in [6.45, 7) is 2.74. The van der Waals surface area contributed by atoms with Crippen LogP contribution < -0.4 is 10.1 Å². The topological polar surface area (TPSA) is 30.5 Å². The minimum absolute atomic E-state index is 0.0318. The molecule has 1 saturated heterocycles. The van der Waals surface area contributed by atoms with Crippen LogP contribution in [0.15, 0.2) is 91.0 Å². The maximum Gasteiger partial charge on any atom is 0.127 e. The highest BCUT2D eigenvalue weighted by Gasteiger charge is 2.27. The van der Waals surface area contributed by atoms with Crippen molar-refractivity contribution in [2.75, 3.05) is 13.1 Å². The van der Waals surface area contributed by atoms with E-state index in [1.54, 1.807) is 0 Å². The van der Waals surface area contributed by atoms with E-state index >= 15 is 0 Å². The SMILES string of the molecule is Fc1ccc([C@@H]2CCNC[C@@H]2OCc2cc(OCc3ccccc3)c3ccccc3c2)cc1. The van der Waals surface area contributed by atoms with E-state index in [1.807, 2.05) is 42.5 Å². The van der Waals surface area contributed by atoms with Gasteiger partial charge in [-0.05, 0) is 59.3 Å². The van der Waals surface area contributed by atoms with Gasteiger partial charge >= 0.3 is 0 Å². The first-order valence-electron chi connectivity index (χ1n) is 11.5. The van der Waals surface area contributed by atoms with Crippen molar-refractivity contribution in [1.29, 1.82) is 0 Å². The van der Waals surface area contributed by atoms with Crippen LogP contribution in [0.3, 0.4) is 0 Å². The molecular formula is C29H28FNO2. The second-order valence-electron chi connectivity index (χ2n) is 8.59. The molecule has 1 heterocycles. The Morgan fingerprint density at radius 1 is 0.818 bits per heavy atom. The normalized spacial score (nSPS) is 18.3. The Kier molecular flexibility index (Phi) is 6.66. The van der Waals surface area contributed by atoms with Crippen LogP contribution in [0.5, 0.6) is 5.75 Å². The number of fused-ring (bicyclic) bond motifs is 1. The largest absolute Gasteiger partial charge is 0.488 e. The van der Waals surface area contributed by atoms with Crippen LogP contribution in [0.4, 0.5) is 4.39 Å².